The summed E-state index contributed by atoms with van der Waals surface area (Å²) in [5.41, 5.74) is 8.27. The van der Waals surface area contributed by atoms with E-state index in [0.717, 1.165) is 6.54 Å². The Morgan fingerprint density at radius 2 is 1.94 bits per heavy atom. The van der Waals surface area contributed by atoms with E-state index in [1.807, 2.05) is 12.1 Å². The van der Waals surface area contributed by atoms with Crippen LogP contribution < -0.4 is 5.73 Å². The molecule has 0 bridgehead atoms. The number of likely N-dealkylation sites (tertiary alicyclic amines) is 1. The maximum absolute atomic E-state index is 5.92. The number of piperidine rings is 1. The van der Waals surface area contributed by atoms with Gasteiger partial charge < -0.3 is 5.73 Å². The molecule has 0 aliphatic carbocycles. The topological polar surface area (TPSA) is 29.3 Å². The number of hydrogen-bond donors (Lipinski definition) is 1. The van der Waals surface area contributed by atoms with Gasteiger partial charge in [-0.05, 0) is 49.0 Å². The molecule has 1 fully saturated rings. The molecule has 1 aliphatic rings. The van der Waals surface area contributed by atoms with E-state index in [1.165, 1.54) is 31.5 Å². The molecule has 0 saturated carbocycles. The number of halogens is 1. The number of nitrogens with two attached hydrogens (primary N) is 1. The lowest BCUT2D eigenvalue weighted by molar-refractivity contribution is 0.127. The molecule has 0 radical (unpaired) electrons. The van der Waals surface area contributed by atoms with E-state index in [1.54, 1.807) is 0 Å². The van der Waals surface area contributed by atoms with Crippen molar-refractivity contribution in [3.05, 3.63) is 28.8 Å². The van der Waals surface area contributed by atoms with Crippen molar-refractivity contribution in [1.82, 2.24) is 4.90 Å². The molecule has 3 heteroatoms. The predicted molar refractivity (Wildman–Crippen MR) is 74.2 cm³/mol. The smallest absolute Gasteiger partial charge is 0.0635 e. The molecule has 1 aliphatic heterocycles. The first-order valence-electron chi connectivity index (χ1n) is 6.23. The molecule has 0 aromatic heterocycles. The fourth-order valence-electron chi connectivity index (χ4n) is 2.27. The number of nitrogen functional groups attached to an aromatic ring is 1. The van der Waals surface area contributed by atoms with Crippen molar-refractivity contribution in [2.24, 2.45) is 5.41 Å². The first kappa shape index (κ1) is 12.7. The predicted octanol–water partition coefficient (Wildman–Crippen LogP) is 3.54. The van der Waals surface area contributed by atoms with E-state index in [2.05, 4.69) is 24.8 Å². The van der Waals surface area contributed by atoms with E-state index in [0.29, 0.717) is 16.1 Å². The monoisotopic (exact) mass is 252 g/mol. The van der Waals surface area contributed by atoms with E-state index >= 15 is 0 Å². The average molecular weight is 253 g/mol. The van der Waals surface area contributed by atoms with Gasteiger partial charge in [-0.1, -0.05) is 31.5 Å². The van der Waals surface area contributed by atoms with Gasteiger partial charge in [0.1, 0.15) is 0 Å². The van der Waals surface area contributed by atoms with E-state index < -0.39 is 0 Å². The lowest BCUT2D eigenvalue weighted by atomic mass is 9.82. The summed E-state index contributed by atoms with van der Waals surface area (Å²) >= 11 is 5.92. The lowest BCUT2D eigenvalue weighted by Crippen LogP contribution is -2.36. The van der Waals surface area contributed by atoms with Crippen molar-refractivity contribution in [2.75, 3.05) is 18.8 Å². The van der Waals surface area contributed by atoms with Gasteiger partial charge in [0.05, 0.1) is 10.7 Å². The summed E-state index contributed by atoms with van der Waals surface area (Å²) in [6.45, 7) is 8.04. The summed E-state index contributed by atoms with van der Waals surface area (Å²) in [6.07, 6.45) is 2.55. The minimum Gasteiger partial charge on any atom is -0.398 e. The summed E-state index contributed by atoms with van der Waals surface area (Å²) in [5, 5.41) is 0.647. The van der Waals surface area contributed by atoms with Gasteiger partial charge >= 0.3 is 0 Å². The molecular formula is C14H21ClN2. The van der Waals surface area contributed by atoms with Crippen molar-refractivity contribution in [3.8, 4) is 0 Å². The van der Waals surface area contributed by atoms with Crippen LogP contribution in [-0.2, 0) is 6.54 Å². The maximum atomic E-state index is 5.92. The number of benzene rings is 1. The molecule has 2 rings (SSSR count). The standard InChI is InChI=1S/C14H21ClN2/c1-14(2)5-7-17(8-6-14)10-11-3-4-12(15)13(16)9-11/h3-4,9H,5-8,10,16H2,1-2H3. The summed E-state index contributed by atoms with van der Waals surface area (Å²) in [7, 11) is 0. The third kappa shape index (κ3) is 3.36. The van der Waals surface area contributed by atoms with Crippen LogP contribution in [0.3, 0.4) is 0 Å². The van der Waals surface area contributed by atoms with Crippen LogP contribution in [0.1, 0.15) is 32.3 Å². The van der Waals surface area contributed by atoms with Crippen molar-refractivity contribution in [3.63, 3.8) is 0 Å². The van der Waals surface area contributed by atoms with Gasteiger partial charge in [-0.3, -0.25) is 4.90 Å². The van der Waals surface area contributed by atoms with Crippen molar-refractivity contribution in [2.45, 2.75) is 33.2 Å². The third-order valence-electron chi connectivity index (χ3n) is 3.68. The number of rotatable bonds is 2. The first-order chi connectivity index (χ1) is 7.96. The van der Waals surface area contributed by atoms with E-state index in [4.69, 9.17) is 17.3 Å². The Morgan fingerprint density at radius 3 is 2.53 bits per heavy atom. The van der Waals surface area contributed by atoms with Gasteiger partial charge in [-0.25, -0.2) is 0 Å². The molecule has 0 spiro atoms. The van der Waals surface area contributed by atoms with Crippen LogP contribution in [0.15, 0.2) is 18.2 Å². The largest absolute Gasteiger partial charge is 0.398 e. The second-order valence-electron chi connectivity index (χ2n) is 5.80. The van der Waals surface area contributed by atoms with E-state index in [9.17, 15) is 0 Å². The van der Waals surface area contributed by atoms with Gasteiger partial charge in [0, 0.05) is 6.54 Å². The molecule has 0 amide bonds. The fourth-order valence-corrected chi connectivity index (χ4v) is 2.38. The Labute approximate surface area is 109 Å². The third-order valence-corrected chi connectivity index (χ3v) is 4.02. The fraction of sp³-hybridized carbons (Fsp3) is 0.571. The molecule has 2 nitrogen and oxygen atoms in total. The highest BCUT2D eigenvalue weighted by atomic mass is 35.5. The summed E-state index contributed by atoms with van der Waals surface area (Å²) in [4.78, 5) is 2.49. The molecule has 2 N–H and O–H groups in total. The molecule has 1 saturated heterocycles. The van der Waals surface area contributed by atoms with Crippen LogP contribution in [0, 0.1) is 5.41 Å². The van der Waals surface area contributed by atoms with Gasteiger partial charge in [0.2, 0.25) is 0 Å². The SMILES string of the molecule is CC1(C)CCN(Cc2ccc(Cl)c(N)c2)CC1. The van der Waals surface area contributed by atoms with Crippen LogP contribution in [0.4, 0.5) is 5.69 Å². The second-order valence-corrected chi connectivity index (χ2v) is 6.20. The zero-order valence-corrected chi connectivity index (χ0v) is 11.4. The highest BCUT2D eigenvalue weighted by Crippen LogP contribution is 2.30. The van der Waals surface area contributed by atoms with Gasteiger partial charge in [0.25, 0.3) is 0 Å². The van der Waals surface area contributed by atoms with Crippen LogP contribution in [-0.4, -0.2) is 18.0 Å². The highest BCUT2D eigenvalue weighted by Gasteiger charge is 2.25. The van der Waals surface area contributed by atoms with Crippen molar-refractivity contribution in [1.29, 1.82) is 0 Å². The van der Waals surface area contributed by atoms with Crippen LogP contribution >= 0.6 is 11.6 Å². The van der Waals surface area contributed by atoms with E-state index in [-0.39, 0.29) is 0 Å². The molecule has 0 unspecified atom stereocenters. The number of nitrogens with zero attached hydrogens (tertiary/aromatic N) is 1. The molecule has 17 heavy (non-hydrogen) atoms. The Kier molecular flexibility index (Phi) is 3.64. The van der Waals surface area contributed by atoms with Crippen LogP contribution in [0.25, 0.3) is 0 Å². The van der Waals surface area contributed by atoms with Gasteiger partial charge in [-0.2, -0.15) is 0 Å². The zero-order chi connectivity index (χ0) is 12.5. The lowest BCUT2D eigenvalue weighted by Gasteiger charge is -2.36. The quantitative estimate of drug-likeness (QED) is 0.816. The van der Waals surface area contributed by atoms with Crippen LogP contribution in [0.5, 0.6) is 0 Å². The Hall–Kier alpha value is -0.730. The van der Waals surface area contributed by atoms with Crippen LogP contribution in [0.2, 0.25) is 5.02 Å². The summed E-state index contributed by atoms with van der Waals surface area (Å²) in [6, 6.07) is 5.95. The Morgan fingerprint density at radius 1 is 1.29 bits per heavy atom. The second kappa shape index (κ2) is 4.87. The summed E-state index contributed by atoms with van der Waals surface area (Å²) in [5.74, 6) is 0. The van der Waals surface area contributed by atoms with Crippen molar-refractivity contribution >= 4 is 17.3 Å². The highest BCUT2D eigenvalue weighted by molar-refractivity contribution is 6.33. The minimum atomic E-state index is 0.509. The molecule has 0 atom stereocenters. The summed E-state index contributed by atoms with van der Waals surface area (Å²) < 4.78 is 0. The maximum Gasteiger partial charge on any atom is 0.0635 e. The first-order valence-corrected chi connectivity index (χ1v) is 6.60. The minimum absolute atomic E-state index is 0.509. The molecule has 94 valence electrons. The Balaban J connectivity index is 1.95. The van der Waals surface area contributed by atoms with Gasteiger partial charge in [0.15, 0.2) is 0 Å². The number of anilines is 1. The number of hydrogen-bond acceptors (Lipinski definition) is 2. The Bertz CT molecular complexity index is 391. The molecule has 1 aromatic carbocycles. The molecular weight excluding hydrogens is 232 g/mol. The average Bonchev–Trinajstić information content (AvgIpc) is 2.27. The molecule has 1 heterocycles. The molecule has 1 aromatic rings. The van der Waals surface area contributed by atoms with Crippen molar-refractivity contribution < 1.29 is 0 Å². The zero-order valence-electron chi connectivity index (χ0n) is 10.7. The normalized spacial score (nSPS) is 20.4. The van der Waals surface area contributed by atoms with Gasteiger partial charge in [-0.15, -0.1) is 0 Å².